The molecule has 3 N–H and O–H groups in total. The molecular formula is C36H16N4O9S2. The van der Waals surface area contributed by atoms with E-state index in [1.165, 1.54) is 51.3 Å². The molecule has 51 heavy (non-hydrogen) atoms. The van der Waals surface area contributed by atoms with Crippen LogP contribution >= 0.6 is 0 Å². The normalized spacial score (nSPS) is 13.5. The molecule has 15 heteroatoms. The Balaban J connectivity index is 1.32. The van der Waals surface area contributed by atoms with Crippen molar-refractivity contribution < 1.29 is 31.0 Å². The van der Waals surface area contributed by atoms with Crippen molar-refractivity contribution in [2.75, 3.05) is 0 Å². The molecule has 0 spiro atoms. The SMILES string of the molecule is O=c1c2ccc3c4c(O)cc5c6c(ccc(c7ccc(c2c73)c2nc3ccc(S(=O)(=O)O)cc3n12)c46)c(=O)n1c2cc(S(=O)(=O)O)ccc2nc51. The number of hydrogen-bond donors (Lipinski definition) is 3. The third-order valence-corrected chi connectivity index (χ3v) is 11.9. The van der Waals surface area contributed by atoms with Crippen LogP contribution in [-0.4, -0.2) is 49.8 Å². The lowest BCUT2D eigenvalue weighted by Crippen LogP contribution is -2.14. The molecule has 0 saturated heterocycles. The lowest BCUT2D eigenvalue weighted by molar-refractivity contribution is 0.481. The first-order valence-electron chi connectivity index (χ1n) is 15.3. The summed E-state index contributed by atoms with van der Waals surface area (Å²) in [7, 11) is -9.11. The second kappa shape index (κ2) is 8.72. The quantitative estimate of drug-likeness (QED) is 0.117. The Morgan fingerprint density at radius 1 is 0.471 bits per heavy atom. The number of rotatable bonds is 2. The van der Waals surface area contributed by atoms with Crippen LogP contribution in [-0.2, 0) is 20.2 Å². The van der Waals surface area contributed by atoms with E-state index < -0.39 is 36.3 Å². The van der Waals surface area contributed by atoms with Gasteiger partial charge in [0, 0.05) is 43.1 Å². The van der Waals surface area contributed by atoms with Gasteiger partial charge in [-0.15, -0.1) is 0 Å². The number of hydrogen-bond acceptors (Lipinski definition) is 9. The van der Waals surface area contributed by atoms with Crippen molar-refractivity contribution in [3.63, 3.8) is 0 Å². The fraction of sp³-hybridized carbons (Fsp3) is 0. The molecule has 0 saturated carbocycles. The first-order valence-corrected chi connectivity index (χ1v) is 18.2. The zero-order valence-electron chi connectivity index (χ0n) is 25.4. The average molecular weight is 713 g/mol. The van der Waals surface area contributed by atoms with E-state index in [2.05, 4.69) is 9.97 Å². The predicted octanol–water partition coefficient (Wildman–Crippen LogP) is 5.44. The summed E-state index contributed by atoms with van der Waals surface area (Å²) in [5, 5.41) is 18.5. The summed E-state index contributed by atoms with van der Waals surface area (Å²) in [4.78, 5) is 36.9. The maximum absolute atomic E-state index is 14.2. The Hall–Kier alpha value is -6.26. The van der Waals surface area contributed by atoms with E-state index >= 15 is 0 Å². The van der Waals surface area contributed by atoms with Crippen molar-refractivity contribution in [1.82, 2.24) is 18.8 Å². The van der Waals surface area contributed by atoms with Crippen molar-refractivity contribution in [2.24, 2.45) is 0 Å². The molecule has 0 radical (unpaired) electrons. The first-order chi connectivity index (χ1) is 24.3. The van der Waals surface area contributed by atoms with Gasteiger partial charge in [-0.3, -0.25) is 27.5 Å². The molecule has 0 unspecified atom stereocenters. The van der Waals surface area contributed by atoms with Gasteiger partial charge in [-0.25, -0.2) is 9.97 Å². The molecule has 11 aromatic rings. The van der Waals surface area contributed by atoms with Crippen LogP contribution in [0.5, 0.6) is 5.75 Å². The summed E-state index contributed by atoms with van der Waals surface area (Å²) >= 11 is 0. The van der Waals surface area contributed by atoms with Gasteiger partial charge in [0.15, 0.2) is 0 Å². The highest BCUT2D eigenvalue weighted by atomic mass is 32.2. The second-order valence-corrected chi connectivity index (χ2v) is 15.5. The fourth-order valence-corrected chi connectivity index (χ4v) is 9.14. The summed E-state index contributed by atoms with van der Waals surface area (Å²) in [6, 6.07) is 19.7. The average Bonchev–Trinajstić information content (AvgIpc) is 3.67. The zero-order valence-corrected chi connectivity index (χ0v) is 27.0. The first kappa shape index (κ1) is 28.6. The molecule has 0 bridgehead atoms. The lowest BCUT2D eigenvalue weighted by atomic mass is 9.85. The molecule has 13 nitrogen and oxygen atoms in total. The third-order valence-electron chi connectivity index (χ3n) is 10.2. The highest BCUT2D eigenvalue weighted by Crippen LogP contribution is 2.48. The number of phenols is 1. The van der Waals surface area contributed by atoms with Crippen LogP contribution in [0.3, 0.4) is 0 Å². The molecule has 0 fully saturated rings. The molecule has 0 amide bonds. The van der Waals surface area contributed by atoms with Crippen LogP contribution in [0, 0.1) is 0 Å². The van der Waals surface area contributed by atoms with E-state index in [4.69, 9.17) is 0 Å². The Morgan fingerprint density at radius 3 is 1.45 bits per heavy atom. The van der Waals surface area contributed by atoms with Crippen LogP contribution in [0.1, 0.15) is 0 Å². The van der Waals surface area contributed by atoms with Gasteiger partial charge in [-0.05, 0) is 82.2 Å². The Kier molecular flexibility index (Phi) is 4.88. The molecule has 0 aliphatic heterocycles. The molecule has 0 aliphatic rings. The largest absolute Gasteiger partial charge is 0.507 e. The van der Waals surface area contributed by atoms with Gasteiger partial charge >= 0.3 is 0 Å². The van der Waals surface area contributed by atoms with Crippen LogP contribution in [0.25, 0.3) is 98.0 Å². The minimum absolute atomic E-state index is 0.110. The Morgan fingerprint density at radius 2 is 0.902 bits per heavy atom. The van der Waals surface area contributed by atoms with E-state index in [9.17, 15) is 40.6 Å². The van der Waals surface area contributed by atoms with Gasteiger partial charge in [0.1, 0.15) is 17.0 Å². The number of fused-ring (bicyclic) bond motifs is 10. The van der Waals surface area contributed by atoms with Gasteiger partial charge in [0.2, 0.25) is 0 Å². The molecular weight excluding hydrogens is 697 g/mol. The van der Waals surface area contributed by atoms with E-state index in [-0.39, 0.29) is 27.3 Å². The highest BCUT2D eigenvalue weighted by Gasteiger charge is 2.26. The van der Waals surface area contributed by atoms with Gasteiger partial charge in [0.25, 0.3) is 31.4 Å². The highest BCUT2D eigenvalue weighted by molar-refractivity contribution is 7.86. The maximum atomic E-state index is 14.2. The van der Waals surface area contributed by atoms with Crippen molar-refractivity contribution in [2.45, 2.75) is 9.79 Å². The second-order valence-electron chi connectivity index (χ2n) is 12.7. The number of benzene rings is 7. The predicted molar refractivity (Wildman–Crippen MR) is 191 cm³/mol. The minimum Gasteiger partial charge on any atom is -0.507 e. The summed E-state index contributed by atoms with van der Waals surface area (Å²) in [6.45, 7) is 0. The monoisotopic (exact) mass is 712 g/mol. The summed E-state index contributed by atoms with van der Waals surface area (Å²) in [5.74, 6) is -0.110. The standard InChI is InChI=1S/C36H16N4O9S2/c41-27-13-22-30-21(36(43)40-26-12-15(51(47,48)49)2-10-24(26)38-34(22)40)7-4-17-16-3-6-19-29-20(8-5-18(28(16)29)31(27)32(17)30)35(42)39-25-11-14(50(44,45)46)1-9-23(25)37-33(19)39/h1-13,41H,(H,44,45,46)(H,47,48,49). The van der Waals surface area contributed by atoms with Crippen molar-refractivity contribution in [3.8, 4) is 5.75 Å². The molecule has 4 aromatic heterocycles. The zero-order chi connectivity index (χ0) is 35.0. The number of aromatic hydroxyl groups is 1. The van der Waals surface area contributed by atoms with Crippen LogP contribution < -0.4 is 11.1 Å². The number of aromatic nitrogens is 4. The van der Waals surface area contributed by atoms with E-state index in [0.717, 1.165) is 5.39 Å². The lowest BCUT2D eigenvalue weighted by Gasteiger charge is -2.19. The number of phenolic OH excluding ortho intramolecular Hbond substituents is 1. The Labute approximate surface area is 282 Å². The molecule has 246 valence electrons. The van der Waals surface area contributed by atoms with Crippen LogP contribution in [0.2, 0.25) is 0 Å². The van der Waals surface area contributed by atoms with Gasteiger partial charge in [-0.2, -0.15) is 16.8 Å². The van der Waals surface area contributed by atoms with Gasteiger partial charge in [0.05, 0.1) is 31.9 Å². The van der Waals surface area contributed by atoms with Gasteiger partial charge < -0.3 is 5.11 Å². The molecule has 0 aliphatic carbocycles. The van der Waals surface area contributed by atoms with Crippen molar-refractivity contribution in [3.05, 3.63) is 99.6 Å². The molecule has 11 rings (SSSR count). The number of pyridine rings is 2. The minimum atomic E-state index is -4.57. The summed E-state index contributed by atoms with van der Waals surface area (Å²) in [5.41, 5.74) is 0.653. The number of imidazole rings is 2. The van der Waals surface area contributed by atoms with Crippen LogP contribution in [0.4, 0.5) is 0 Å². The van der Waals surface area contributed by atoms with Crippen LogP contribution in [0.15, 0.2) is 98.2 Å². The molecule has 4 heterocycles. The molecule has 0 atom stereocenters. The summed E-state index contributed by atoms with van der Waals surface area (Å²) < 4.78 is 69.6. The van der Waals surface area contributed by atoms with E-state index in [1.54, 1.807) is 24.3 Å². The fourth-order valence-electron chi connectivity index (χ4n) is 8.14. The van der Waals surface area contributed by atoms with Crippen molar-refractivity contribution >= 4 is 118 Å². The smallest absolute Gasteiger partial charge is 0.294 e. The van der Waals surface area contributed by atoms with Crippen molar-refractivity contribution in [1.29, 1.82) is 0 Å². The maximum Gasteiger partial charge on any atom is 0.294 e. The third kappa shape index (κ3) is 3.35. The van der Waals surface area contributed by atoms with Gasteiger partial charge in [-0.1, -0.05) is 18.2 Å². The Bertz CT molecular complexity index is 3820. The number of nitrogens with zero attached hydrogens (tertiary/aromatic N) is 4. The topological polar surface area (TPSA) is 198 Å². The van der Waals surface area contributed by atoms with E-state index in [0.29, 0.717) is 75.9 Å². The summed E-state index contributed by atoms with van der Waals surface area (Å²) in [6.07, 6.45) is 0. The molecule has 7 aromatic carbocycles. The van der Waals surface area contributed by atoms with E-state index in [1.807, 2.05) is 12.1 Å².